The first kappa shape index (κ1) is 17.4. The fourth-order valence-corrected chi connectivity index (χ4v) is 3.20. The van der Waals surface area contributed by atoms with Crippen LogP contribution >= 0.6 is 0 Å². The van der Waals surface area contributed by atoms with Gasteiger partial charge in [-0.3, -0.25) is 4.79 Å². The molecule has 0 aliphatic carbocycles. The molecule has 2 aromatic rings. The van der Waals surface area contributed by atoms with E-state index in [0.717, 1.165) is 37.4 Å². The van der Waals surface area contributed by atoms with Crippen LogP contribution < -0.4 is 10.2 Å². The Labute approximate surface area is 149 Å². The smallest absolute Gasteiger partial charge is 0.230 e. The van der Waals surface area contributed by atoms with Crippen molar-refractivity contribution in [3.05, 3.63) is 53.9 Å². The third-order valence-corrected chi connectivity index (χ3v) is 4.93. The van der Waals surface area contributed by atoms with Crippen molar-refractivity contribution in [2.45, 2.75) is 45.1 Å². The molecule has 5 heteroatoms. The molecule has 0 radical (unpaired) electrons. The highest BCUT2D eigenvalue weighted by Crippen LogP contribution is 2.25. The second-order valence-electron chi connectivity index (χ2n) is 7.30. The van der Waals surface area contributed by atoms with Crippen LogP contribution in [0.15, 0.2) is 42.7 Å². The lowest BCUT2D eigenvalue weighted by atomic mass is 9.83. The number of benzene rings is 1. The average molecular weight is 338 g/mol. The predicted molar refractivity (Wildman–Crippen MR) is 99.6 cm³/mol. The summed E-state index contributed by atoms with van der Waals surface area (Å²) >= 11 is 0. The summed E-state index contributed by atoms with van der Waals surface area (Å²) in [7, 11) is 0. The van der Waals surface area contributed by atoms with E-state index in [-0.39, 0.29) is 11.9 Å². The molecule has 1 saturated heterocycles. The average Bonchev–Trinajstić information content (AvgIpc) is 2.63. The summed E-state index contributed by atoms with van der Waals surface area (Å²) in [6.07, 6.45) is 5.52. The summed E-state index contributed by atoms with van der Waals surface area (Å²) in [5.74, 6) is 0.802. The highest BCUT2D eigenvalue weighted by molar-refractivity contribution is 5.87. The number of piperidine rings is 1. The summed E-state index contributed by atoms with van der Waals surface area (Å²) in [5.41, 5.74) is 1.68. The van der Waals surface area contributed by atoms with E-state index in [0.29, 0.717) is 0 Å². The zero-order valence-corrected chi connectivity index (χ0v) is 15.2. The third kappa shape index (κ3) is 3.98. The molecule has 3 rings (SSSR count). The van der Waals surface area contributed by atoms with E-state index in [1.165, 1.54) is 5.56 Å². The van der Waals surface area contributed by atoms with E-state index in [2.05, 4.69) is 39.2 Å². The van der Waals surface area contributed by atoms with Crippen molar-refractivity contribution in [1.82, 2.24) is 15.3 Å². The molecule has 0 spiro atoms. The number of aromatic nitrogens is 2. The molecular weight excluding hydrogens is 312 g/mol. The topological polar surface area (TPSA) is 58.1 Å². The Bertz CT molecular complexity index is 712. The molecule has 2 heterocycles. The van der Waals surface area contributed by atoms with Gasteiger partial charge in [0.15, 0.2) is 0 Å². The minimum Gasteiger partial charge on any atom is -0.351 e. The molecule has 0 bridgehead atoms. The molecule has 25 heavy (non-hydrogen) atoms. The minimum atomic E-state index is -0.556. The van der Waals surface area contributed by atoms with Crippen LogP contribution in [0.1, 0.15) is 37.8 Å². The molecule has 0 saturated carbocycles. The maximum Gasteiger partial charge on any atom is 0.230 e. The Morgan fingerprint density at radius 1 is 1.20 bits per heavy atom. The fourth-order valence-electron chi connectivity index (χ4n) is 3.20. The Kier molecular flexibility index (Phi) is 5.02. The molecule has 1 amide bonds. The highest BCUT2D eigenvalue weighted by Gasteiger charge is 2.32. The molecule has 1 N–H and O–H groups in total. The fraction of sp³-hybridized carbons (Fsp3) is 0.450. The van der Waals surface area contributed by atoms with E-state index in [4.69, 9.17) is 0 Å². The van der Waals surface area contributed by atoms with Crippen LogP contribution in [-0.4, -0.2) is 35.0 Å². The van der Waals surface area contributed by atoms with Crippen molar-refractivity contribution in [2.24, 2.45) is 0 Å². The van der Waals surface area contributed by atoms with Gasteiger partial charge in [0.05, 0.1) is 5.41 Å². The molecular formula is C20H26N4O. The van der Waals surface area contributed by atoms with Gasteiger partial charge in [-0.15, -0.1) is 0 Å². The van der Waals surface area contributed by atoms with Crippen molar-refractivity contribution in [1.29, 1.82) is 0 Å². The van der Waals surface area contributed by atoms with Gasteiger partial charge in [-0.25, -0.2) is 9.97 Å². The molecule has 0 unspecified atom stereocenters. The molecule has 1 aromatic carbocycles. The van der Waals surface area contributed by atoms with Gasteiger partial charge in [0, 0.05) is 31.5 Å². The van der Waals surface area contributed by atoms with Gasteiger partial charge in [-0.05, 0) is 45.2 Å². The molecule has 1 aromatic heterocycles. The quantitative estimate of drug-likeness (QED) is 0.931. The summed E-state index contributed by atoms with van der Waals surface area (Å²) in [5, 5.41) is 3.24. The van der Waals surface area contributed by atoms with Crippen molar-refractivity contribution in [3.8, 4) is 0 Å². The normalized spacial score (nSPS) is 18.0. The number of anilines is 1. The van der Waals surface area contributed by atoms with E-state index in [1.807, 2.05) is 32.0 Å². The lowest BCUT2D eigenvalue weighted by Crippen LogP contribution is -2.52. The number of nitrogens with zero attached hydrogens (tertiary/aromatic N) is 3. The zero-order valence-electron chi connectivity index (χ0n) is 15.2. The van der Waals surface area contributed by atoms with Crippen molar-refractivity contribution >= 4 is 11.9 Å². The van der Waals surface area contributed by atoms with Gasteiger partial charge < -0.3 is 10.2 Å². The maximum absolute atomic E-state index is 12.9. The maximum atomic E-state index is 12.9. The van der Waals surface area contributed by atoms with Crippen LogP contribution in [0.2, 0.25) is 0 Å². The first-order valence-corrected chi connectivity index (χ1v) is 8.87. The predicted octanol–water partition coefficient (Wildman–Crippen LogP) is 2.85. The third-order valence-electron chi connectivity index (χ3n) is 4.93. The van der Waals surface area contributed by atoms with Crippen LogP contribution in [0, 0.1) is 6.92 Å². The van der Waals surface area contributed by atoms with Crippen molar-refractivity contribution < 1.29 is 4.79 Å². The first-order chi connectivity index (χ1) is 12.0. The second kappa shape index (κ2) is 7.21. The van der Waals surface area contributed by atoms with E-state index in [1.54, 1.807) is 12.4 Å². The number of amides is 1. The highest BCUT2D eigenvalue weighted by atomic mass is 16.2. The van der Waals surface area contributed by atoms with Gasteiger partial charge in [0.2, 0.25) is 11.9 Å². The number of nitrogens with one attached hydrogen (secondary N) is 1. The van der Waals surface area contributed by atoms with Crippen LogP contribution in [0.3, 0.4) is 0 Å². The van der Waals surface area contributed by atoms with Crippen LogP contribution in [0.4, 0.5) is 5.95 Å². The number of carbonyl (C=O) groups is 1. The monoisotopic (exact) mass is 338 g/mol. The molecule has 1 aliphatic heterocycles. The van der Waals surface area contributed by atoms with E-state index >= 15 is 0 Å². The van der Waals surface area contributed by atoms with Crippen LogP contribution in [0.5, 0.6) is 0 Å². The second-order valence-corrected chi connectivity index (χ2v) is 7.30. The standard InChI is InChI=1S/C20H26N4O/c1-15-7-9-16(10-8-15)20(2,3)18(25)23-17-6-4-13-24(14-17)19-21-11-5-12-22-19/h5,7-12,17H,4,6,13-14H2,1-3H3,(H,23,25)/t17-/m1/s1. The summed E-state index contributed by atoms with van der Waals surface area (Å²) in [6.45, 7) is 7.69. The van der Waals surface area contributed by atoms with Crippen molar-refractivity contribution in [3.63, 3.8) is 0 Å². The van der Waals surface area contributed by atoms with Gasteiger partial charge in [-0.2, -0.15) is 0 Å². The number of aryl methyl sites for hydroxylation is 1. The number of hydrogen-bond donors (Lipinski definition) is 1. The van der Waals surface area contributed by atoms with E-state index in [9.17, 15) is 4.79 Å². The largest absolute Gasteiger partial charge is 0.351 e. The molecule has 1 aliphatic rings. The number of rotatable bonds is 4. The lowest BCUT2D eigenvalue weighted by Gasteiger charge is -2.35. The SMILES string of the molecule is Cc1ccc(C(C)(C)C(=O)N[C@@H]2CCCN(c3ncccn3)C2)cc1. The summed E-state index contributed by atoms with van der Waals surface area (Å²) in [4.78, 5) is 23.7. The summed E-state index contributed by atoms with van der Waals surface area (Å²) in [6, 6.07) is 10.1. The Hall–Kier alpha value is -2.43. The van der Waals surface area contributed by atoms with Gasteiger partial charge >= 0.3 is 0 Å². The Morgan fingerprint density at radius 3 is 2.56 bits per heavy atom. The van der Waals surface area contributed by atoms with Crippen molar-refractivity contribution in [2.75, 3.05) is 18.0 Å². The molecule has 1 atom stereocenters. The first-order valence-electron chi connectivity index (χ1n) is 8.87. The van der Waals surface area contributed by atoms with Crippen LogP contribution in [0.25, 0.3) is 0 Å². The Morgan fingerprint density at radius 2 is 1.88 bits per heavy atom. The molecule has 132 valence electrons. The van der Waals surface area contributed by atoms with E-state index < -0.39 is 5.41 Å². The minimum absolute atomic E-state index is 0.0668. The number of hydrogen-bond acceptors (Lipinski definition) is 4. The zero-order chi connectivity index (χ0) is 17.9. The molecule has 1 fully saturated rings. The lowest BCUT2D eigenvalue weighted by molar-refractivity contribution is -0.126. The Balaban J connectivity index is 1.66. The van der Waals surface area contributed by atoms with Crippen LogP contribution in [-0.2, 0) is 10.2 Å². The molecule has 5 nitrogen and oxygen atoms in total. The van der Waals surface area contributed by atoms with Gasteiger partial charge in [0.25, 0.3) is 0 Å². The summed E-state index contributed by atoms with van der Waals surface area (Å²) < 4.78 is 0. The van der Waals surface area contributed by atoms with Gasteiger partial charge in [0.1, 0.15) is 0 Å². The number of carbonyl (C=O) groups excluding carboxylic acids is 1. The van der Waals surface area contributed by atoms with Gasteiger partial charge in [-0.1, -0.05) is 29.8 Å².